The van der Waals surface area contributed by atoms with Gasteiger partial charge in [0.25, 0.3) is 0 Å². The van der Waals surface area contributed by atoms with Gasteiger partial charge in [-0.3, -0.25) is 9.78 Å². The first kappa shape index (κ1) is 17.0. The molecule has 0 fully saturated rings. The van der Waals surface area contributed by atoms with Crippen molar-refractivity contribution in [1.29, 1.82) is 0 Å². The predicted octanol–water partition coefficient (Wildman–Crippen LogP) is 3.91. The Kier molecular flexibility index (Phi) is 5.31. The first-order valence-electron chi connectivity index (χ1n) is 7.93. The molecule has 1 amide bonds. The summed E-state index contributed by atoms with van der Waals surface area (Å²) in [5.41, 5.74) is 9.43. The van der Waals surface area contributed by atoms with Crippen molar-refractivity contribution in [3.05, 3.63) is 83.6 Å². The van der Waals surface area contributed by atoms with E-state index in [9.17, 15) is 4.79 Å². The second-order valence-electron chi connectivity index (χ2n) is 5.71. The minimum absolute atomic E-state index is 0.418. The average Bonchev–Trinajstić information content (AvgIpc) is 2.64. The van der Waals surface area contributed by atoms with E-state index in [4.69, 9.17) is 17.3 Å². The lowest BCUT2D eigenvalue weighted by Crippen LogP contribution is -2.37. The number of halogens is 1. The number of amides is 1. The molecule has 3 rings (SSSR count). The normalized spacial score (nSPS) is 11.7. The fourth-order valence-corrected chi connectivity index (χ4v) is 2.82. The molecule has 1 aromatic heterocycles. The summed E-state index contributed by atoms with van der Waals surface area (Å²) < 4.78 is 0. The van der Waals surface area contributed by atoms with Crippen molar-refractivity contribution < 1.29 is 4.79 Å². The number of benzene rings is 2. The molecule has 126 valence electrons. The Morgan fingerprint density at radius 2 is 1.64 bits per heavy atom. The molecule has 0 saturated heterocycles. The molecule has 0 bridgehead atoms. The maximum atomic E-state index is 11.8. The van der Waals surface area contributed by atoms with Crippen LogP contribution in [0.25, 0.3) is 11.1 Å². The molecule has 2 aromatic carbocycles. The SMILES string of the molecule is NC(=O)[C@H](Cc1ccccc1Cl)Nc1ccc(-c2ccncc2)cc1. The third-order valence-corrected chi connectivity index (χ3v) is 4.33. The van der Waals surface area contributed by atoms with E-state index in [1.165, 1.54) is 0 Å². The van der Waals surface area contributed by atoms with Crippen LogP contribution in [0.3, 0.4) is 0 Å². The van der Waals surface area contributed by atoms with Gasteiger partial charge in [-0.05, 0) is 47.0 Å². The van der Waals surface area contributed by atoms with Gasteiger partial charge < -0.3 is 11.1 Å². The van der Waals surface area contributed by atoms with Crippen LogP contribution in [-0.4, -0.2) is 16.9 Å². The summed E-state index contributed by atoms with van der Waals surface area (Å²) in [6.45, 7) is 0. The van der Waals surface area contributed by atoms with Crippen LogP contribution in [0.4, 0.5) is 5.69 Å². The van der Waals surface area contributed by atoms with Gasteiger partial charge in [-0.2, -0.15) is 0 Å². The zero-order chi connectivity index (χ0) is 17.6. The van der Waals surface area contributed by atoms with Crippen LogP contribution in [0.1, 0.15) is 5.56 Å². The number of nitrogens with zero attached hydrogens (tertiary/aromatic N) is 1. The molecule has 4 nitrogen and oxygen atoms in total. The van der Waals surface area contributed by atoms with Gasteiger partial charge in [0, 0.05) is 29.5 Å². The average molecular weight is 352 g/mol. The molecule has 3 N–H and O–H groups in total. The van der Waals surface area contributed by atoms with Crippen LogP contribution in [-0.2, 0) is 11.2 Å². The smallest absolute Gasteiger partial charge is 0.240 e. The second-order valence-corrected chi connectivity index (χ2v) is 6.12. The van der Waals surface area contributed by atoms with E-state index in [2.05, 4.69) is 10.3 Å². The molecule has 5 heteroatoms. The number of anilines is 1. The maximum absolute atomic E-state index is 11.8. The Bertz CT molecular complexity index is 850. The highest BCUT2D eigenvalue weighted by Crippen LogP contribution is 2.22. The maximum Gasteiger partial charge on any atom is 0.240 e. The Balaban J connectivity index is 1.74. The summed E-state index contributed by atoms with van der Waals surface area (Å²) in [5, 5.41) is 3.82. The third kappa shape index (κ3) is 4.37. The van der Waals surface area contributed by atoms with Crippen LogP contribution in [0, 0.1) is 0 Å². The first-order valence-corrected chi connectivity index (χ1v) is 8.31. The lowest BCUT2D eigenvalue weighted by Gasteiger charge is -2.18. The molecule has 25 heavy (non-hydrogen) atoms. The lowest BCUT2D eigenvalue weighted by molar-refractivity contribution is -0.118. The number of rotatable bonds is 6. The van der Waals surface area contributed by atoms with Gasteiger partial charge in [0.1, 0.15) is 6.04 Å². The Morgan fingerprint density at radius 3 is 2.28 bits per heavy atom. The number of nitrogens with two attached hydrogens (primary N) is 1. The number of carbonyl (C=O) groups is 1. The third-order valence-electron chi connectivity index (χ3n) is 3.96. The van der Waals surface area contributed by atoms with E-state index in [0.29, 0.717) is 11.4 Å². The molecular weight excluding hydrogens is 334 g/mol. The topological polar surface area (TPSA) is 68.0 Å². The van der Waals surface area contributed by atoms with E-state index >= 15 is 0 Å². The number of hydrogen-bond acceptors (Lipinski definition) is 3. The lowest BCUT2D eigenvalue weighted by atomic mass is 10.0. The van der Waals surface area contributed by atoms with E-state index in [1.807, 2.05) is 54.6 Å². The number of nitrogens with one attached hydrogen (secondary N) is 1. The minimum Gasteiger partial charge on any atom is -0.373 e. The van der Waals surface area contributed by atoms with Crippen molar-refractivity contribution >= 4 is 23.2 Å². The van der Waals surface area contributed by atoms with Gasteiger partial charge in [0.15, 0.2) is 0 Å². The van der Waals surface area contributed by atoms with Crippen LogP contribution < -0.4 is 11.1 Å². The fourth-order valence-electron chi connectivity index (χ4n) is 2.61. The summed E-state index contributed by atoms with van der Waals surface area (Å²) in [6.07, 6.45) is 3.95. The molecule has 1 heterocycles. The molecule has 1 atom stereocenters. The van der Waals surface area contributed by atoms with Crippen molar-refractivity contribution in [2.75, 3.05) is 5.32 Å². The van der Waals surface area contributed by atoms with Crippen molar-refractivity contribution in [3.8, 4) is 11.1 Å². The highest BCUT2D eigenvalue weighted by molar-refractivity contribution is 6.31. The molecule has 0 unspecified atom stereocenters. The minimum atomic E-state index is -0.535. The molecule has 0 aliphatic rings. The summed E-state index contributed by atoms with van der Waals surface area (Å²) in [6, 6.07) is 18.7. The summed E-state index contributed by atoms with van der Waals surface area (Å²) >= 11 is 6.18. The largest absolute Gasteiger partial charge is 0.373 e. The number of aromatic nitrogens is 1. The van der Waals surface area contributed by atoms with Gasteiger partial charge in [-0.1, -0.05) is 41.9 Å². The van der Waals surface area contributed by atoms with Crippen molar-refractivity contribution in [2.24, 2.45) is 5.73 Å². The van der Waals surface area contributed by atoms with E-state index < -0.39 is 11.9 Å². The molecule has 0 saturated carbocycles. The van der Waals surface area contributed by atoms with Crippen molar-refractivity contribution in [3.63, 3.8) is 0 Å². The van der Waals surface area contributed by atoms with Gasteiger partial charge in [0.2, 0.25) is 5.91 Å². The molecule has 3 aromatic rings. The van der Waals surface area contributed by atoms with Gasteiger partial charge >= 0.3 is 0 Å². The quantitative estimate of drug-likeness (QED) is 0.707. The van der Waals surface area contributed by atoms with Gasteiger partial charge in [-0.25, -0.2) is 0 Å². The number of hydrogen-bond donors (Lipinski definition) is 2. The highest BCUT2D eigenvalue weighted by atomic mass is 35.5. The van der Waals surface area contributed by atoms with Crippen LogP contribution in [0.15, 0.2) is 73.1 Å². The van der Waals surface area contributed by atoms with Crippen molar-refractivity contribution in [1.82, 2.24) is 4.98 Å². The fraction of sp³-hybridized carbons (Fsp3) is 0.100. The molecule has 0 radical (unpaired) electrons. The Morgan fingerprint density at radius 1 is 1.00 bits per heavy atom. The van der Waals surface area contributed by atoms with E-state index in [0.717, 1.165) is 22.4 Å². The zero-order valence-corrected chi connectivity index (χ0v) is 14.3. The summed E-state index contributed by atoms with van der Waals surface area (Å²) in [4.78, 5) is 15.8. The van der Waals surface area contributed by atoms with Crippen LogP contribution in [0.5, 0.6) is 0 Å². The molecule has 0 spiro atoms. The predicted molar refractivity (Wildman–Crippen MR) is 101 cm³/mol. The van der Waals surface area contributed by atoms with E-state index in [1.54, 1.807) is 18.5 Å². The molecular formula is C20H18ClN3O. The van der Waals surface area contributed by atoms with Crippen molar-refractivity contribution in [2.45, 2.75) is 12.5 Å². The van der Waals surface area contributed by atoms with Crippen LogP contribution >= 0.6 is 11.6 Å². The number of primary amides is 1. The monoisotopic (exact) mass is 351 g/mol. The Labute approximate surface area is 151 Å². The summed E-state index contributed by atoms with van der Waals surface area (Å²) in [5.74, 6) is -0.418. The number of pyridine rings is 1. The molecule has 0 aliphatic carbocycles. The Hall–Kier alpha value is -2.85. The highest BCUT2D eigenvalue weighted by Gasteiger charge is 2.17. The zero-order valence-electron chi connectivity index (χ0n) is 13.5. The summed E-state index contributed by atoms with van der Waals surface area (Å²) in [7, 11) is 0. The molecule has 0 aliphatic heterocycles. The van der Waals surface area contributed by atoms with Crippen LogP contribution in [0.2, 0.25) is 5.02 Å². The van der Waals surface area contributed by atoms with Gasteiger partial charge in [0.05, 0.1) is 0 Å². The standard InChI is InChI=1S/C20H18ClN3O/c21-18-4-2-1-3-16(18)13-19(20(22)25)24-17-7-5-14(6-8-17)15-9-11-23-12-10-15/h1-12,19,24H,13H2,(H2,22,25)/t19-/m0/s1. The second kappa shape index (κ2) is 7.81. The first-order chi connectivity index (χ1) is 12.1. The van der Waals surface area contributed by atoms with E-state index in [-0.39, 0.29) is 0 Å². The van der Waals surface area contributed by atoms with Gasteiger partial charge in [-0.15, -0.1) is 0 Å². The number of carbonyl (C=O) groups excluding carboxylic acids is 1.